The van der Waals surface area contributed by atoms with Gasteiger partial charge in [0.15, 0.2) is 0 Å². The van der Waals surface area contributed by atoms with Gasteiger partial charge in [0.2, 0.25) is 5.91 Å². The number of benzene rings is 2. The molecule has 3 rings (SSSR count). The minimum absolute atomic E-state index is 0.0536. The molecule has 140 valence electrons. The molecule has 0 aliphatic rings. The molecule has 0 fully saturated rings. The van der Waals surface area contributed by atoms with E-state index < -0.39 is 0 Å². The molecule has 0 aliphatic carbocycles. The maximum Gasteiger partial charge on any atom is 0.261 e. The molecule has 1 amide bonds. The number of hydrogen-bond acceptors (Lipinski definition) is 4. The summed E-state index contributed by atoms with van der Waals surface area (Å²) in [6.07, 6.45) is 1.71. The molecule has 0 saturated carbocycles. The van der Waals surface area contributed by atoms with Crippen molar-refractivity contribution in [1.82, 2.24) is 14.5 Å². The van der Waals surface area contributed by atoms with E-state index in [2.05, 4.69) is 20.9 Å². The van der Waals surface area contributed by atoms with Crippen molar-refractivity contribution in [2.45, 2.75) is 19.5 Å². The number of fused-ring (bicyclic) bond motifs is 1. The van der Waals surface area contributed by atoms with Gasteiger partial charge < -0.3 is 9.64 Å². The molecule has 6 nitrogen and oxygen atoms in total. The highest BCUT2D eigenvalue weighted by Crippen LogP contribution is 2.19. The average molecular weight is 430 g/mol. The lowest BCUT2D eigenvalue weighted by Gasteiger charge is -2.19. The van der Waals surface area contributed by atoms with Crippen LogP contribution >= 0.6 is 15.9 Å². The lowest BCUT2D eigenvalue weighted by molar-refractivity contribution is -0.130. The predicted molar refractivity (Wildman–Crippen MR) is 108 cm³/mol. The van der Waals surface area contributed by atoms with E-state index in [0.717, 1.165) is 15.8 Å². The number of methoxy groups -OCH3 is 1. The number of para-hydroxylation sites is 1. The fraction of sp³-hybridized carbons (Fsp3) is 0.250. The van der Waals surface area contributed by atoms with Crippen LogP contribution in [0.25, 0.3) is 10.9 Å². The second kappa shape index (κ2) is 8.35. The highest BCUT2D eigenvalue weighted by atomic mass is 79.9. The molecule has 27 heavy (non-hydrogen) atoms. The van der Waals surface area contributed by atoms with Crippen LogP contribution in [0.3, 0.4) is 0 Å². The minimum atomic E-state index is -0.151. The first kappa shape index (κ1) is 19.1. The largest absolute Gasteiger partial charge is 0.496 e. The average Bonchev–Trinajstić information content (AvgIpc) is 2.68. The van der Waals surface area contributed by atoms with E-state index in [4.69, 9.17) is 4.74 Å². The molecule has 0 unspecified atom stereocenters. The van der Waals surface area contributed by atoms with E-state index >= 15 is 0 Å². The molecule has 0 radical (unpaired) electrons. The number of carbonyl (C=O) groups is 1. The third-order valence-electron chi connectivity index (χ3n) is 4.38. The first-order valence-electron chi connectivity index (χ1n) is 8.50. The summed E-state index contributed by atoms with van der Waals surface area (Å²) >= 11 is 3.37. The summed E-state index contributed by atoms with van der Waals surface area (Å²) in [6.45, 7) is 0.726. The highest BCUT2D eigenvalue weighted by molar-refractivity contribution is 9.10. The second-order valence-electron chi connectivity index (χ2n) is 6.22. The van der Waals surface area contributed by atoms with Crippen molar-refractivity contribution in [3.8, 4) is 5.75 Å². The van der Waals surface area contributed by atoms with Gasteiger partial charge >= 0.3 is 0 Å². The summed E-state index contributed by atoms with van der Waals surface area (Å²) in [5.41, 5.74) is 1.42. The van der Waals surface area contributed by atoms with Crippen molar-refractivity contribution in [1.29, 1.82) is 0 Å². The first-order chi connectivity index (χ1) is 13.0. The number of amides is 1. The van der Waals surface area contributed by atoms with Gasteiger partial charge in [0.1, 0.15) is 5.75 Å². The Morgan fingerprint density at radius 2 is 2.04 bits per heavy atom. The Morgan fingerprint density at radius 1 is 1.26 bits per heavy atom. The molecule has 0 saturated heterocycles. The van der Waals surface area contributed by atoms with Crippen LogP contribution in [0.5, 0.6) is 5.75 Å². The highest BCUT2D eigenvalue weighted by Gasteiger charge is 2.13. The molecule has 0 N–H and O–H groups in total. The smallest absolute Gasteiger partial charge is 0.261 e. The summed E-state index contributed by atoms with van der Waals surface area (Å²) < 4.78 is 7.62. The standard InChI is InChI=1S/C20H20BrN3O3/c1-23(12-14-5-3-4-6-18(14)27-2)19(25)9-10-24-13-22-17-8-7-15(21)11-16(17)20(24)26/h3-8,11,13H,9-10,12H2,1-2H3. The number of halogens is 1. The number of nitrogens with zero attached hydrogens (tertiary/aromatic N) is 3. The lowest BCUT2D eigenvalue weighted by Crippen LogP contribution is -2.29. The van der Waals surface area contributed by atoms with E-state index in [1.54, 1.807) is 31.2 Å². The molecular formula is C20H20BrN3O3. The van der Waals surface area contributed by atoms with Crippen LogP contribution in [-0.4, -0.2) is 34.5 Å². The fourth-order valence-electron chi connectivity index (χ4n) is 2.87. The van der Waals surface area contributed by atoms with Crippen LogP contribution in [0.1, 0.15) is 12.0 Å². The molecule has 0 spiro atoms. The van der Waals surface area contributed by atoms with E-state index in [1.807, 2.05) is 30.3 Å². The fourth-order valence-corrected chi connectivity index (χ4v) is 3.24. The van der Waals surface area contributed by atoms with Crippen LogP contribution < -0.4 is 10.3 Å². The van der Waals surface area contributed by atoms with Crippen LogP contribution in [-0.2, 0) is 17.9 Å². The van der Waals surface area contributed by atoms with Crippen LogP contribution in [0.15, 0.2) is 58.1 Å². The predicted octanol–water partition coefficient (Wildman–Crippen LogP) is 3.22. The number of carbonyl (C=O) groups excluding carboxylic acids is 1. The summed E-state index contributed by atoms with van der Waals surface area (Å²) in [4.78, 5) is 31.0. The number of aryl methyl sites for hydroxylation is 1. The Balaban J connectivity index is 1.69. The van der Waals surface area contributed by atoms with Gasteiger partial charge in [0, 0.05) is 36.6 Å². The third kappa shape index (κ3) is 4.36. The monoisotopic (exact) mass is 429 g/mol. The normalized spacial score (nSPS) is 10.8. The number of ether oxygens (including phenoxy) is 1. The van der Waals surface area contributed by atoms with Crippen molar-refractivity contribution >= 4 is 32.7 Å². The summed E-state index contributed by atoms with van der Waals surface area (Å²) in [6, 6.07) is 13.0. The van der Waals surface area contributed by atoms with E-state index in [0.29, 0.717) is 17.4 Å². The third-order valence-corrected chi connectivity index (χ3v) is 4.87. The Morgan fingerprint density at radius 3 is 2.81 bits per heavy atom. The molecule has 1 aromatic heterocycles. The second-order valence-corrected chi connectivity index (χ2v) is 7.13. The van der Waals surface area contributed by atoms with Crippen molar-refractivity contribution in [3.05, 3.63) is 69.2 Å². The summed E-state index contributed by atoms with van der Waals surface area (Å²) in [5.74, 6) is 0.694. The van der Waals surface area contributed by atoms with Gasteiger partial charge in [-0.2, -0.15) is 0 Å². The Kier molecular flexibility index (Phi) is 5.91. The van der Waals surface area contributed by atoms with Gasteiger partial charge in [-0.3, -0.25) is 14.2 Å². The van der Waals surface area contributed by atoms with Crippen molar-refractivity contribution in [3.63, 3.8) is 0 Å². The van der Waals surface area contributed by atoms with Crippen molar-refractivity contribution in [2.24, 2.45) is 0 Å². The Labute approximate surface area is 165 Å². The van der Waals surface area contributed by atoms with Crippen molar-refractivity contribution in [2.75, 3.05) is 14.2 Å². The molecular weight excluding hydrogens is 410 g/mol. The quantitative estimate of drug-likeness (QED) is 0.603. The number of hydrogen-bond donors (Lipinski definition) is 0. The van der Waals surface area contributed by atoms with E-state index in [-0.39, 0.29) is 24.4 Å². The molecule has 7 heteroatoms. The minimum Gasteiger partial charge on any atom is -0.496 e. The number of aromatic nitrogens is 2. The molecule has 1 heterocycles. The maximum absolute atomic E-state index is 12.6. The zero-order valence-electron chi connectivity index (χ0n) is 15.2. The van der Waals surface area contributed by atoms with Gasteiger partial charge in [0.05, 0.1) is 24.3 Å². The van der Waals surface area contributed by atoms with Crippen molar-refractivity contribution < 1.29 is 9.53 Å². The zero-order valence-corrected chi connectivity index (χ0v) is 16.8. The SMILES string of the molecule is COc1ccccc1CN(C)C(=O)CCn1cnc2ccc(Br)cc2c1=O. The first-order valence-corrected chi connectivity index (χ1v) is 9.29. The lowest BCUT2D eigenvalue weighted by atomic mass is 10.2. The van der Waals surface area contributed by atoms with Gasteiger partial charge in [-0.25, -0.2) is 4.98 Å². The summed E-state index contributed by atoms with van der Waals surface area (Å²) in [5, 5.41) is 0.529. The Hall–Kier alpha value is -2.67. The molecule has 0 bridgehead atoms. The zero-order chi connectivity index (χ0) is 19.4. The molecule has 0 aliphatic heterocycles. The Bertz CT molecular complexity index is 1030. The molecule has 3 aromatic rings. The van der Waals surface area contributed by atoms with E-state index in [1.165, 1.54) is 10.9 Å². The van der Waals surface area contributed by atoms with Crippen LogP contribution in [0, 0.1) is 0 Å². The van der Waals surface area contributed by atoms with Crippen LogP contribution in [0.2, 0.25) is 0 Å². The van der Waals surface area contributed by atoms with Crippen LogP contribution in [0.4, 0.5) is 0 Å². The molecule has 2 aromatic carbocycles. The van der Waals surface area contributed by atoms with Gasteiger partial charge in [0.25, 0.3) is 5.56 Å². The van der Waals surface area contributed by atoms with E-state index in [9.17, 15) is 9.59 Å². The summed E-state index contributed by atoms with van der Waals surface area (Å²) in [7, 11) is 3.35. The maximum atomic E-state index is 12.6. The topological polar surface area (TPSA) is 64.4 Å². The van der Waals surface area contributed by atoms with Gasteiger partial charge in [-0.15, -0.1) is 0 Å². The molecule has 0 atom stereocenters. The van der Waals surface area contributed by atoms with Gasteiger partial charge in [-0.1, -0.05) is 34.1 Å². The number of rotatable bonds is 6. The van der Waals surface area contributed by atoms with Gasteiger partial charge in [-0.05, 0) is 24.3 Å².